The van der Waals surface area contributed by atoms with Gasteiger partial charge in [-0.15, -0.1) is 11.3 Å². The minimum absolute atomic E-state index is 0.597. The summed E-state index contributed by atoms with van der Waals surface area (Å²) in [6.45, 7) is 0. The second kappa shape index (κ2) is 11.6. The molecule has 0 amide bonds. The van der Waals surface area contributed by atoms with Crippen molar-refractivity contribution in [2.45, 2.75) is 0 Å². The molecule has 5 aromatic heterocycles. The van der Waals surface area contributed by atoms with Gasteiger partial charge in [0.25, 0.3) is 0 Å². The Morgan fingerprint density at radius 1 is 0.439 bits per heavy atom. The molecule has 0 aliphatic heterocycles. The Hall–Kier alpha value is -7.41. The number of hydrogen-bond donors (Lipinski definition) is 0. The number of para-hydroxylation sites is 2. The summed E-state index contributed by atoms with van der Waals surface area (Å²) in [5.41, 5.74) is 7.08. The van der Waals surface area contributed by atoms with E-state index in [1.807, 2.05) is 23.5 Å². The van der Waals surface area contributed by atoms with Gasteiger partial charge in [-0.3, -0.25) is 0 Å². The van der Waals surface area contributed by atoms with Crippen molar-refractivity contribution in [3.8, 4) is 17.1 Å². The quantitative estimate of drug-likeness (QED) is 0.177. The molecule has 0 saturated heterocycles. The van der Waals surface area contributed by atoms with Crippen LogP contribution in [0.1, 0.15) is 0 Å². The van der Waals surface area contributed by atoms with Crippen molar-refractivity contribution in [1.29, 1.82) is 0 Å². The van der Waals surface area contributed by atoms with Crippen LogP contribution in [0.15, 0.2) is 174 Å². The highest BCUT2D eigenvalue weighted by Crippen LogP contribution is 2.44. The number of fused-ring (bicyclic) bond motifs is 17. The van der Waals surface area contributed by atoms with Gasteiger partial charge < -0.3 is 8.98 Å². The average Bonchev–Trinajstić information content (AvgIpc) is 3.95. The van der Waals surface area contributed by atoms with E-state index < -0.39 is 0 Å². The highest BCUT2D eigenvalue weighted by molar-refractivity contribution is 7.26. The van der Waals surface area contributed by atoms with Crippen molar-refractivity contribution >= 4 is 119 Å². The van der Waals surface area contributed by atoms with Gasteiger partial charge in [-0.25, -0.2) is 15.0 Å². The summed E-state index contributed by atoms with van der Waals surface area (Å²) in [6, 6.07) is 60.3. The molecule has 0 unspecified atom stereocenters. The fourth-order valence-electron chi connectivity index (χ4n) is 9.08. The zero-order valence-electron chi connectivity index (χ0n) is 30.3. The number of hydrogen-bond acceptors (Lipinski definition) is 5. The Morgan fingerprint density at radius 3 is 2.05 bits per heavy atom. The Balaban J connectivity index is 1.20. The molecule has 5 nitrogen and oxygen atoms in total. The van der Waals surface area contributed by atoms with Crippen LogP contribution in [0.3, 0.4) is 0 Å². The van der Waals surface area contributed by atoms with Gasteiger partial charge in [0.05, 0.1) is 21.4 Å². The highest BCUT2D eigenvalue weighted by Gasteiger charge is 2.21. The van der Waals surface area contributed by atoms with Crippen LogP contribution in [0, 0.1) is 0 Å². The molecule has 13 aromatic rings. The monoisotopic (exact) mass is 744 g/mol. The number of rotatable bonds is 2. The first kappa shape index (κ1) is 30.9. The third-order valence-corrected chi connectivity index (χ3v) is 12.8. The minimum Gasteiger partial charge on any atom is -0.456 e. The van der Waals surface area contributed by atoms with E-state index in [2.05, 4.69) is 162 Å². The third kappa shape index (κ3) is 4.41. The molecule has 13 rings (SSSR count). The molecule has 0 spiro atoms. The van der Waals surface area contributed by atoms with Crippen LogP contribution in [0.25, 0.3) is 125 Å². The van der Waals surface area contributed by atoms with E-state index in [0.717, 1.165) is 71.0 Å². The number of thiophene rings is 1. The maximum absolute atomic E-state index is 6.50. The lowest BCUT2D eigenvalue weighted by Gasteiger charge is -2.13. The molecule has 57 heavy (non-hydrogen) atoms. The van der Waals surface area contributed by atoms with Gasteiger partial charge in [-0.2, -0.15) is 0 Å². The molecule has 0 atom stereocenters. The number of nitrogens with zero attached hydrogens (tertiary/aromatic N) is 4. The molecule has 0 N–H and O–H groups in total. The van der Waals surface area contributed by atoms with Crippen LogP contribution in [-0.2, 0) is 0 Å². The molecule has 0 aliphatic rings. The van der Waals surface area contributed by atoms with E-state index in [0.29, 0.717) is 17.1 Å². The van der Waals surface area contributed by atoms with E-state index in [1.54, 1.807) is 0 Å². The van der Waals surface area contributed by atoms with Gasteiger partial charge in [0, 0.05) is 53.4 Å². The van der Waals surface area contributed by atoms with Crippen molar-refractivity contribution in [2.24, 2.45) is 0 Å². The van der Waals surface area contributed by atoms with Crippen LogP contribution < -0.4 is 0 Å². The summed E-state index contributed by atoms with van der Waals surface area (Å²) < 4.78 is 11.5. The van der Waals surface area contributed by atoms with Crippen molar-refractivity contribution in [1.82, 2.24) is 19.5 Å². The van der Waals surface area contributed by atoms with Gasteiger partial charge >= 0.3 is 0 Å². The van der Waals surface area contributed by atoms with Crippen LogP contribution in [0.4, 0.5) is 0 Å². The van der Waals surface area contributed by atoms with Crippen molar-refractivity contribution in [3.05, 3.63) is 170 Å². The predicted octanol–water partition coefficient (Wildman–Crippen LogP) is 14.1. The first-order valence-corrected chi connectivity index (χ1v) is 19.9. The standard InChI is InChI=1S/C51H28N4OS/c1-2-14-33-30-23-26-43-40(28-30)46-39(18-10-21-44(46)56-43)51-53-49(31-12-9-11-29(27-31)32(33)13-1)52-50(54-51)38-17-4-7-20-42(38)55-41-19-6-3-15-34(41)36-24-25-37-35-16-5-8-22-45(35)57-48(37)47(36)55/h1-28H. The topological polar surface area (TPSA) is 56.7 Å². The highest BCUT2D eigenvalue weighted by atomic mass is 32.1. The second-order valence-electron chi connectivity index (χ2n) is 14.7. The summed E-state index contributed by atoms with van der Waals surface area (Å²) in [6.07, 6.45) is 0. The van der Waals surface area contributed by atoms with Gasteiger partial charge in [0.2, 0.25) is 0 Å². The number of furan rings is 1. The lowest BCUT2D eigenvalue weighted by Crippen LogP contribution is -2.01. The summed E-state index contributed by atoms with van der Waals surface area (Å²) in [4.78, 5) is 16.0. The Labute approximate surface area is 328 Å². The molecule has 0 saturated carbocycles. The lowest BCUT2D eigenvalue weighted by atomic mass is 10.0. The molecule has 0 aliphatic carbocycles. The first-order valence-electron chi connectivity index (χ1n) is 19.1. The Bertz CT molecular complexity index is 3890. The summed E-state index contributed by atoms with van der Waals surface area (Å²) in [7, 11) is 0. The van der Waals surface area contributed by atoms with Crippen LogP contribution in [0.2, 0.25) is 0 Å². The maximum Gasteiger partial charge on any atom is 0.166 e. The maximum atomic E-state index is 6.50. The first-order chi connectivity index (χ1) is 28.2. The normalized spacial score (nSPS) is 12.2. The van der Waals surface area contributed by atoms with E-state index in [9.17, 15) is 0 Å². The summed E-state index contributed by atoms with van der Waals surface area (Å²) in [5, 5.41) is 13.3. The average molecular weight is 745 g/mol. The fraction of sp³-hybridized carbons (Fsp3) is 0. The molecular formula is C51H28N4OS. The zero-order valence-corrected chi connectivity index (χ0v) is 31.1. The van der Waals surface area contributed by atoms with Gasteiger partial charge in [-0.1, -0.05) is 121 Å². The van der Waals surface area contributed by atoms with E-state index >= 15 is 0 Å². The third-order valence-electron chi connectivity index (χ3n) is 11.6. The van der Waals surface area contributed by atoms with Gasteiger partial charge in [-0.05, 0) is 70.1 Å². The van der Waals surface area contributed by atoms with Crippen LogP contribution in [-0.4, -0.2) is 19.5 Å². The van der Waals surface area contributed by atoms with Crippen molar-refractivity contribution in [3.63, 3.8) is 0 Å². The fourth-order valence-corrected chi connectivity index (χ4v) is 10.3. The molecule has 8 aromatic carbocycles. The Kier molecular flexibility index (Phi) is 6.26. The van der Waals surface area contributed by atoms with E-state index in [4.69, 9.17) is 19.4 Å². The van der Waals surface area contributed by atoms with E-state index in [-0.39, 0.29) is 0 Å². The molecular weight excluding hydrogens is 717 g/mol. The lowest BCUT2D eigenvalue weighted by molar-refractivity contribution is 0.669. The van der Waals surface area contributed by atoms with Gasteiger partial charge in [0.15, 0.2) is 17.1 Å². The number of aromatic nitrogens is 4. The largest absolute Gasteiger partial charge is 0.456 e. The Morgan fingerprint density at radius 2 is 1.14 bits per heavy atom. The minimum atomic E-state index is 0.597. The smallest absolute Gasteiger partial charge is 0.166 e. The second-order valence-corrected chi connectivity index (χ2v) is 15.8. The predicted molar refractivity (Wildman–Crippen MR) is 239 cm³/mol. The summed E-state index contributed by atoms with van der Waals surface area (Å²) >= 11 is 1.85. The molecule has 264 valence electrons. The molecule has 5 heterocycles. The molecule has 0 radical (unpaired) electrons. The summed E-state index contributed by atoms with van der Waals surface area (Å²) in [5.74, 6) is 0.603. The zero-order chi connectivity index (χ0) is 37.2. The van der Waals surface area contributed by atoms with Crippen LogP contribution >= 0.6 is 11.3 Å². The van der Waals surface area contributed by atoms with Gasteiger partial charge in [0.1, 0.15) is 11.2 Å². The van der Waals surface area contributed by atoms with Crippen molar-refractivity contribution < 1.29 is 4.42 Å². The molecule has 6 heteroatoms. The van der Waals surface area contributed by atoms with E-state index in [1.165, 1.54) is 36.5 Å². The number of benzene rings is 8. The molecule has 6 bridgehead atoms. The van der Waals surface area contributed by atoms with Crippen LogP contribution in [0.5, 0.6) is 0 Å². The van der Waals surface area contributed by atoms with Crippen molar-refractivity contribution in [2.75, 3.05) is 0 Å². The SMILES string of the molecule is c1ccc(-n2c3ccccc3c3ccc4c5ccccc5sc4c32)c(-c2nc3nc(n2)c2cccc4oc5ccc(cc5c42)c2ccccc2c2cccc3c2)c1. The molecule has 0 fully saturated rings.